The Bertz CT molecular complexity index is 633. The van der Waals surface area contributed by atoms with Crippen molar-refractivity contribution < 1.29 is 9.53 Å². The number of nitrogens with one attached hydrogen (secondary N) is 1. The van der Waals surface area contributed by atoms with Crippen molar-refractivity contribution in [2.75, 3.05) is 71.0 Å². The van der Waals surface area contributed by atoms with Gasteiger partial charge >= 0.3 is 0 Å². The maximum atomic E-state index is 11.7. The van der Waals surface area contributed by atoms with E-state index >= 15 is 0 Å². The summed E-state index contributed by atoms with van der Waals surface area (Å²) in [4.78, 5) is 19.5. The third-order valence-corrected chi connectivity index (χ3v) is 6.81. The molecule has 4 aliphatic rings. The minimum absolute atomic E-state index is 0.00187. The highest BCUT2D eigenvalue weighted by molar-refractivity contribution is 5.77. The van der Waals surface area contributed by atoms with Gasteiger partial charge in [-0.1, -0.05) is 18.2 Å². The number of para-hydroxylation sites is 1. The van der Waals surface area contributed by atoms with Gasteiger partial charge in [0, 0.05) is 64.7 Å². The van der Waals surface area contributed by atoms with Crippen LogP contribution < -0.4 is 10.2 Å². The SMILES string of the molecule is COCC(=O)NCC1CC2CCN1CC2CN1CCN(c2ccccc2)CC1. The summed E-state index contributed by atoms with van der Waals surface area (Å²) in [6.07, 6.45) is 2.54. The number of amides is 1. The molecule has 0 aliphatic carbocycles. The zero-order valence-corrected chi connectivity index (χ0v) is 17.1. The number of nitrogens with zero attached hydrogens (tertiary/aromatic N) is 3. The van der Waals surface area contributed by atoms with Crippen molar-refractivity contribution in [3.05, 3.63) is 30.3 Å². The number of benzene rings is 1. The number of piperazine rings is 1. The molecular formula is C22H34N4O2. The lowest BCUT2D eigenvalue weighted by atomic mass is 9.75. The second-order valence-corrected chi connectivity index (χ2v) is 8.55. The van der Waals surface area contributed by atoms with Crippen molar-refractivity contribution >= 4 is 11.6 Å². The number of anilines is 1. The molecule has 4 fully saturated rings. The molecule has 0 saturated carbocycles. The van der Waals surface area contributed by atoms with Gasteiger partial charge in [-0.3, -0.25) is 14.6 Å². The average Bonchev–Trinajstić information content (AvgIpc) is 2.74. The summed E-state index contributed by atoms with van der Waals surface area (Å²) in [6, 6.07) is 11.3. The number of methoxy groups -OCH3 is 1. The number of carbonyl (C=O) groups is 1. The first-order chi connectivity index (χ1) is 13.7. The molecule has 4 saturated heterocycles. The summed E-state index contributed by atoms with van der Waals surface area (Å²) < 4.78 is 4.91. The Labute approximate surface area is 168 Å². The van der Waals surface area contributed by atoms with Gasteiger partial charge in [0.1, 0.15) is 6.61 Å². The fourth-order valence-corrected chi connectivity index (χ4v) is 5.24. The van der Waals surface area contributed by atoms with E-state index in [1.54, 1.807) is 7.11 Å². The monoisotopic (exact) mass is 386 g/mol. The summed E-state index contributed by atoms with van der Waals surface area (Å²) in [5.74, 6) is 1.59. The van der Waals surface area contributed by atoms with Crippen LogP contribution in [0.5, 0.6) is 0 Å². The molecule has 0 radical (unpaired) electrons. The Morgan fingerprint density at radius 3 is 2.61 bits per heavy atom. The van der Waals surface area contributed by atoms with Crippen LogP contribution in [0.4, 0.5) is 5.69 Å². The Morgan fingerprint density at radius 1 is 1.14 bits per heavy atom. The Morgan fingerprint density at radius 2 is 1.93 bits per heavy atom. The smallest absolute Gasteiger partial charge is 0.246 e. The van der Waals surface area contributed by atoms with Gasteiger partial charge in [0.05, 0.1) is 0 Å². The first-order valence-electron chi connectivity index (χ1n) is 10.7. The highest BCUT2D eigenvalue weighted by Crippen LogP contribution is 2.36. The minimum Gasteiger partial charge on any atom is -0.375 e. The summed E-state index contributed by atoms with van der Waals surface area (Å²) in [5.41, 5.74) is 1.35. The molecule has 4 heterocycles. The molecule has 0 aromatic heterocycles. The highest BCUT2D eigenvalue weighted by atomic mass is 16.5. The van der Waals surface area contributed by atoms with Crippen LogP contribution in [0.15, 0.2) is 30.3 Å². The molecule has 154 valence electrons. The molecule has 4 aliphatic heterocycles. The van der Waals surface area contributed by atoms with Crippen molar-refractivity contribution in [1.29, 1.82) is 0 Å². The van der Waals surface area contributed by atoms with E-state index in [0.717, 1.165) is 44.6 Å². The molecule has 1 aromatic rings. The van der Waals surface area contributed by atoms with E-state index < -0.39 is 0 Å². The summed E-state index contributed by atoms with van der Waals surface area (Å²) >= 11 is 0. The molecule has 1 N–H and O–H groups in total. The average molecular weight is 387 g/mol. The lowest BCUT2D eigenvalue weighted by molar-refractivity contribution is -0.125. The molecule has 1 amide bonds. The molecular weight excluding hydrogens is 352 g/mol. The topological polar surface area (TPSA) is 48.1 Å². The van der Waals surface area contributed by atoms with Crippen LogP contribution >= 0.6 is 0 Å². The molecule has 4 unspecified atom stereocenters. The van der Waals surface area contributed by atoms with Crippen LogP contribution in [0.25, 0.3) is 0 Å². The third kappa shape index (κ3) is 4.67. The maximum Gasteiger partial charge on any atom is 0.246 e. The van der Waals surface area contributed by atoms with E-state index in [1.807, 2.05) is 0 Å². The van der Waals surface area contributed by atoms with Crippen molar-refractivity contribution in [3.8, 4) is 0 Å². The number of piperidine rings is 3. The Balaban J connectivity index is 1.22. The van der Waals surface area contributed by atoms with Crippen LogP contribution in [-0.4, -0.2) is 87.8 Å². The first-order valence-corrected chi connectivity index (χ1v) is 10.7. The molecule has 0 spiro atoms. The van der Waals surface area contributed by atoms with Gasteiger partial charge in [0.25, 0.3) is 0 Å². The van der Waals surface area contributed by atoms with Gasteiger partial charge in [-0.25, -0.2) is 0 Å². The molecule has 6 nitrogen and oxygen atoms in total. The quantitative estimate of drug-likeness (QED) is 0.765. The number of hydrogen-bond acceptors (Lipinski definition) is 5. The predicted molar refractivity (Wildman–Crippen MR) is 112 cm³/mol. The second-order valence-electron chi connectivity index (χ2n) is 8.55. The maximum absolute atomic E-state index is 11.7. The summed E-state index contributed by atoms with van der Waals surface area (Å²) in [5, 5.41) is 3.03. The largest absolute Gasteiger partial charge is 0.375 e. The predicted octanol–water partition coefficient (Wildman–Crippen LogP) is 1.28. The van der Waals surface area contributed by atoms with E-state index in [-0.39, 0.29) is 12.5 Å². The number of rotatable bonds is 7. The van der Waals surface area contributed by atoms with Crippen LogP contribution in [0, 0.1) is 11.8 Å². The van der Waals surface area contributed by atoms with E-state index in [9.17, 15) is 4.79 Å². The van der Waals surface area contributed by atoms with Crippen LogP contribution in [0.3, 0.4) is 0 Å². The molecule has 1 aromatic carbocycles. The molecule has 28 heavy (non-hydrogen) atoms. The number of ether oxygens (including phenoxy) is 1. The second kappa shape index (κ2) is 9.25. The minimum atomic E-state index is -0.00187. The van der Waals surface area contributed by atoms with Crippen LogP contribution in [-0.2, 0) is 9.53 Å². The molecule has 6 heteroatoms. The van der Waals surface area contributed by atoms with Gasteiger partial charge in [-0.15, -0.1) is 0 Å². The van der Waals surface area contributed by atoms with Crippen LogP contribution in [0.1, 0.15) is 12.8 Å². The zero-order valence-electron chi connectivity index (χ0n) is 17.1. The lowest BCUT2D eigenvalue weighted by Gasteiger charge is -2.51. The normalized spacial score (nSPS) is 30.4. The fourth-order valence-electron chi connectivity index (χ4n) is 5.24. The Hall–Kier alpha value is -1.63. The van der Waals surface area contributed by atoms with Crippen molar-refractivity contribution in [2.24, 2.45) is 11.8 Å². The Kier molecular flexibility index (Phi) is 6.50. The first kappa shape index (κ1) is 19.7. The number of hydrogen-bond donors (Lipinski definition) is 1. The van der Waals surface area contributed by atoms with E-state index in [2.05, 4.69) is 50.3 Å². The third-order valence-electron chi connectivity index (χ3n) is 6.81. The molecule has 5 rings (SSSR count). The van der Waals surface area contributed by atoms with E-state index in [4.69, 9.17) is 4.74 Å². The van der Waals surface area contributed by atoms with Gasteiger partial charge < -0.3 is 15.0 Å². The van der Waals surface area contributed by atoms with Gasteiger partial charge in [-0.05, 0) is 43.4 Å². The standard InChI is InChI=1S/C22H34N4O2/c1-28-17-22(27)23-14-21-13-18-7-8-26(21)16-19(18)15-24-9-11-25(12-10-24)20-5-3-2-4-6-20/h2-6,18-19,21H,7-17H2,1H3,(H,23,27). The van der Waals surface area contributed by atoms with Crippen molar-refractivity contribution in [2.45, 2.75) is 18.9 Å². The zero-order chi connectivity index (χ0) is 19.3. The lowest BCUT2D eigenvalue weighted by Crippen LogP contribution is -2.59. The van der Waals surface area contributed by atoms with Gasteiger partial charge in [0.15, 0.2) is 0 Å². The van der Waals surface area contributed by atoms with Crippen molar-refractivity contribution in [1.82, 2.24) is 15.1 Å². The summed E-state index contributed by atoms with van der Waals surface area (Å²) in [7, 11) is 1.57. The molecule has 2 bridgehead atoms. The fraction of sp³-hybridized carbons (Fsp3) is 0.682. The molecule has 4 atom stereocenters. The van der Waals surface area contributed by atoms with Crippen LogP contribution in [0.2, 0.25) is 0 Å². The van der Waals surface area contributed by atoms with Crippen molar-refractivity contribution in [3.63, 3.8) is 0 Å². The van der Waals surface area contributed by atoms with E-state index in [1.165, 1.54) is 38.2 Å². The van der Waals surface area contributed by atoms with Gasteiger partial charge in [0.2, 0.25) is 5.91 Å². The summed E-state index contributed by atoms with van der Waals surface area (Å²) in [6.45, 7) is 9.10. The highest BCUT2D eigenvalue weighted by Gasteiger charge is 2.40. The van der Waals surface area contributed by atoms with E-state index in [0.29, 0.717) is 6.04 Å². The number of fused-ring (bicyclic) bond motifs is 3. The van der Waals surface area contributed by atoms with Gasteiger partial charge in [-0.2, -0.15) is 0 Å². The number of carbonyl (C=O) groups excluding carboxylic acids is 1.